The first-order valence-electron chi connectivity index (χ1n) is 4.83. The Morgan fingerprint density at radius 1 is 1.41 bits per heavy atom. The third-order valence-corrected chi connectivity index (χ3v) is 4.35. The van der Waals surface area contributed by atoms with Crippen LogP contribution >= 0.6 is 15.9 Å². The molecule has 0 aromatic heterocycles. The van der Waals surface area contributed by atoms with Crippen molar-refractivity contribution in [2.45, 2.75) is 23.2 Å². The molecule has 0 bridgehead atoms. The molecule has 0 heterocycles. The molecule has 0 spiro atoms. The van der Waals surface area contributed by atoms with Gasteiger partial charge in [0.05, 0.1) is 10.9 Å². The summed E-state index contributed by atoms with van der Waals surface area (Å²) in [5, 5.41) is 0.651. The summed E-state index contributed by atoms with van der Waals surface area (Å²) in [6.45, 7) is 1.40. The van der Waals surface area contributed by atoms with Crippen molar-refractivity contribution in [1.29, 1.82) is 0 Å². The number of hydrogen-bond acceptors (Lipinski definition) is 3. The van der Waals surface area contributed by atoms with Gasteiger partial charge in [0, 0.05) is 5.33 Å². The van der Waals surface area contributed by atoms with Crippen LogP contribution in [0.1, 0.15) is 12.5 Å². The van der Waals surface area contributed by atoms with Gasteiger partial charge in [-0.3, -0.25) is 4.79 Å². The molecule has 17 heavy (non-hydrogen) atoms. The maximum atomic E-state index is 11.8. The summed E-state index contributed by atoms with van der Waals surface area (Å²) >= 11 is 3.27. The Kier molecular flexibility index (Phi) is 4.67. The van der Waals surface area contributed by atoms with E-state index in [-0.39, 0.29) is 4.90 Å². The van der Waals surface area contributed by atoms with Crippen molar-refractivity contribution < 1.29 is 13.2 Å². The molecule has 1 rings (SSSR count). The molecule has 94 valence electrons. The van der Waals surface area contributed by atoms with Crippen molar-refractivity contribution in [3.05, 3.63) is 29.8 Å². The maximum Gasteiger partial charge on any atom is 0.241 e. The Morgan fingerprint density at radius 3 is 2.35 bits per heavy atom. The fraction of sp³-hybridized carbons (Fsp3) is 0.300. The van der Waals surface area contributed by atoms with Crippen LogP contribution < -0.4 is 10.5 Å². The van der Waals surface area contributed by atoms with E-state index in [0.29, 0.717) is 5.33 Å². The molecule has 0 aliphatic heterocycles. The Morgan fingerprint density at radius 2 is 1.94 bits per heavy atom. The number of carbonyl (C=O) groups excluding carboxylic acids is 1. The number of primary amides is 1. The Hall–Kier alpha value is -0.920. The molecule has 1 amide bonds. The molecule has 0 fully saturated rings. The van der Waals surface area contributed by atoms with Crippen LogP contribution in [0, 0.1) is 0 Å². The lowest BCUT2D eigenvalue weighted by Crippen LogP contribution is -2.42. The highest BCUT2D eigenvalue weighted by molar-refractivity contribution is 9.08. The van der Waals surface area contributed by atoms with E-state index in [4.69, 9.17) is 5.73 Å². The van der Waals surface area contributed by atoms with Gasteiger partial charge < -0.3 is 5.73 Å². The van der Waals surface area contributed by atoms with Gasteiger partial charge in [0.1, 0.15) is 0 Å². The number of sulfonamides is 1. The van der Waals surface area contributed by atoms with Gasteiger partial charge in [-0.05, 0) is 24.6 Å². The van der Waals surface area contributed by atoms with Crippen LogP contribution in [0.25, 0.3) is 0 Å². The Labute approximate surface area is 109 Å². The molecule has 1 aromatic carbocycles. The largest absolute Gasteiger partial charge is 0.368 e. The zero-order valence-corrected chi connectivity index (χ0v) is 11.6. The van der Waals surface area contributed by atoms with E-state index >= 15 is 0 Å². The second-order valence-corrected chi connectivity index (χ2v) is 5.80. The van der Waals surface area contributed by atoms with E-state index in [1.807, 2.05) is 0 Å². The van der Waals surface area contributed by atoms with Crippen LogP contribution in [0.4, 0.5) is 0 Å². The molecule has 1 unspecified atom stereocenters. The minimum Gasteiger partial charge on any atom is -0.368 e. The first kappa shape index (κ1) is 14.1. The molecule has 0 saturated heterocycles. The van der Waals surface area contributed by atoms with Gasteiger partial charge in [0.15, 0.2) is 0 Å². The van der Waals surface area contributed by atoms with Gasteiger partial charge >= 0.3 is 0 Å². The van der Waals surface area contributed by atoms with Gasteiger partial charge in [0.25, 0.3) is 0 Å². The molecule has 0 saturated carbocycles. The van der Waals surface area contributed by atoms with Gasteiger partial charge in [-0.15, -0.1) is 0 Å². The van der Waals surface area contributed by atoms with E-state index < -0.39 is 22.0 Å². The lowest BCUT2D eigenvalue weighted by Gasteiger charge is -2.11. The lowest BCUT2D eigenvalue weighted by molar-refractivity contribution is -0.119. The van der Waals surface area contributed by atoms with Gasteiger partial charge in [-0.2, -0.15) is 4.72 Å². The SMILES string of the molecule is CC(NS(=O)(=O)c1ccc(CBr)cc1)C(N)=O. The lowest BCUT2D eigenvalue weighted by atomic mass is 10.2. The summed E-state index contributed by atoms with van der Waals surface area (Å²) in [7, 11) is -3.70. The second kappa shape index (κ2) is 5.61. The molecule has 7 heteroatoms. The van der Waals surface area contributed by atoms with Crippen molar-refractivity contribution >= 4 is 31.9 Å². The number of halogens is 1. The molecule has 0 aliphatic carbocycles. The number of nitrogens with one attached hydrogen (secondary N) is 1. The molecule has 3 N–H and O–H groups in total. The monoisotopic (exact) mass is 320 g/mol. The number of nitrogens with two attached hydrogens (primary N) is 1. The highest BCUT2D eigenvalue weighted by Gasteiger charge is 2.19. The third-order valence-electron chi connectivity index (χ3n) is 2.15. The average Bonchev–Trinajstić information content (AvgIpc) is 2.28. The molecular formula is C10H13BrN2O3S. The highest BCUT2D eigenvalue weighted by atomic mass is 79.9. The summed E-state index contributed by atoms with van der Waals surface area (Å²) in [4.78, 5) is 10.9. The molecule has 1 aromatic rings. The van der Waals surface area contributed by atoms with Crippen LogP contribution in [-0.2, 0) is 20.1 Å². The topological polar surface area (TPSA) is 89.3 Å². The quantitative estimate of drug-likeness (QED) is 0.784. The molecule has 5 nitrogen and oxygen atoms in total. The Balaban J connectivity index is 2.93. The summed E-state index contributed by atoms with van der Waals surface area (Å²) in [6.07, 6.45) is 0. The highest BCUT2D eigenvalue weighted by Crippen LogP contribution is 2.12. The van der Waals surface area contributed by atoms with Crippen molar-refractivity contribution in [2.75, 3.05) is 0 Å². The fourth-order valence-corrected chi connectivity index (χ4v) is 2.70. The zero-order valence-electron chi connectivity index (χ0n) is 9.18. The van der Waals surface area contributed by atoms with Crippen molar-refractivity contribution in [3.63, 3.8) is 0 Å². The van der Waals surface area contributed by atoms with Crippen LogP contribution in [0.15, 0.2) is 29.2 Å². The standard InChI is InChI=1S/C10H13BrN2O3S/c1-7(10(12)14)13-17(15,16)9-4-2-8(6-11)3-5-9/h2-5,7,13H,6H2,1H3,(H2,12,14). The third kappa shape index (κ3) is 3.79. The van der Waals surface area contributed by atoms with E-state index in [1.165, 1.54) is 19.1 Å². The number of carbonyl (C=O) groups is 1. The minimum absolute atomic E-state index is 0.107. The number of amides is 1. The van der Waals surface area contributed by atoms with Crippen LogP contribution in [-0.4, -0.2) is 20.4 Å². The fourth-order valence-electron chi connectivity index (χ4n) is 1.12. The minimum atomic E-state index is -3.70. The van der Waals surface area contributed by atoms with E-state index in [9.17, 15) is 13.2 Å². The molecule has 0 radical (unpaired) electrons. The smallest absolute Gasteiger partial charge is 0.241 e. The Bertz CT molecular complexity index is 499. The summed E-state index contributed by atoms with van der Waals surface area (Å²) in [6, 6.07) is 5.41. The van der Waals surface area contributed by atoms with E-state index in [1.54, 1.807) is 12.1 Å². The number of hydrogen-bond donors (Lipinski definition) is 2. The van der Waals surface area contributed by atoms with Crippen molar-refractivity contribution in [3.8, 4) is 0 Å². The van der Waals surface area contributed by atoms with Crippen molar-refractivity contribution in [2.24, 2.45) is 5.73 Å². The predicted octanol–water partition coefficient (Wildman–Crippen LogP) is 0.734. The summed E-state index contributed by atoms with van der Waals surface area (Å²) < 4.78 is 25.8. The second-order valence-electron chi connectivity index (χ2n) is 3.52. The first-order valence-corrected chi connectivity index (χ1v) is 7.44. The van der Waals surface area contributed by atoms with Crippen LogP contribution in [0.5, 0.6) is 0 Å². The number of rotatable bonds is 5. The average molecular weight is 321 g/mol. The van der Waals surface area contributed by atoms with E-state index in [2.05, 4.69) is 20.7 Å². The van der Waals surface area contributed by atoms with Gasteiger partial charge in [0.2, 0.25) is 15.9 Å². The normalized spacial score (nSPS) is 13.3. The van der Waals surface area contributed by atoms with Gasteiger partial charge in [-0.1, -0.05) is 28.1 Å². The van der Waals surface area contributed by atoms with Crippen LogP contribution in [0.2, 0.25) is 0 Å². The first-order chi connectivity index (χ1) is 7.86. The van der Waals surface area contributed by atoms with Crippen molar-refractivity contribution in [1.82, 2.24) is 4.72 Å². The summed E-state index contributed by atoms with van der Waals surface area (Å²) in [5.74, 6) is -0.717. The number of alkyl halides is 1. The molecule has 0 aliphatic rings. The van der Waals surface area contributed by atoms with E-state index in [0.717, 1.165) is 5.56 Å². The predicted molar refractivity (Wildman–Crippen MR) is 68.1 cm³/mol. The number of benzene rings is 1. The molecular weight excluding hydrogens is 308 g/mol. The summed E-state index contributed by atoms with van der Waals surface area (Å²) in [5.41, 5.74) is 5.96. The van der Waals surface area contributed by atoms with Crippen LogP contribution in [0.3, 0.4) is 0 Å². The molecule has 1 atom stereocenters. The zero-order chi connectivity index (χ0) is 13.1. The van der Waals surface area contributed by atoms with Gasteiger partial charge in [-0.25, -0.2) is 8.42 Å². The maximum absolute atomic E-state index is 11.8.